The van der Waals surface area contributed by atoms with Crippen molar-refractivity contribution in [2.75, 3.05) is 20.2 Å². The van der Waals surface area contributed by atoms with Gasteiger partial charge >= 0.3 is 0 Å². The molecule has 1 amide bonds. The van der Waals surface area contributed by atoms with E-state index in [0.717, 1.165) is 0 Å². The monoisotopic (exact) mass is 237 g/mol. The van der Waals surface area contributed by atoms with Crippen LogP contribution in [0, 0.1) is 11.7 Å². The summed E-state index contributed by atoms with van der Waals surface area (Å²) in [5.74, 6) is -0.363. The maximum atomic E-state index is 13.5. The minimum atomic E-state index is -0.238. The lowest BCUT2D eigenvalue weighted by Gasteiger charge is -2.15. The normalized spacial score (nSPS) is 22.3. The SMILES string of the molecule is CN(CCO)C(=O)C1CC1c1ccccc1F. The van der Waals surface area contributed by atoms with Crippen molar-refractivity contribution in [3.8, 4) is 0 Å². The van der Waals surface area contributed by atoms with Crippen molar-refractivity contribution in [3.63, 3.8) is 0 Å². The molecule has 1 N–H and O–H groups in total. The van der Waals surface area contributed by atoms with Crippen LogP contribution in [0.25, 0.3) is 0 Å². The largest absolute Gasteiger partial charge is 0.395 e. The van der Waals surface area contributed by atoms with Crippen molar-refractivity contribution in [3.05, 3.63) is 35.6 Å². The smallest absolute Gasteiger partial charge is 0.226 e. The molecule has 3 nitrogen and oxygen atoms in total. The lowest BCUT2D eigenvalue weighted by atomic mass is 10.1. The molecule has 0 heterocycles. The van der Waals surface area contributed by atoms with Gasteiger partial charge in [0.05, 0.1) is 6.61 Å². The van der Waals surface area contributed by atoms with Gasteiger partial charge in [-0.15, -0.1) is 0 Å². The molecule has 92 valence electrons. The highest BCUT2D eigenvalue weighted by atomic mass is 19.1. The molecular weight excluding hydrogens is 221 g/mol. The van der Waals surface area contributed by atoms with Crippen LogP contribution in [0.15, 0.2) is 24.3 Å². The summed E-state index contributed by atoms with van der Waals surface area (Å²) in [5.41, 5.74) is 0.628. The Balaban J connectivity index is 2.01. The molecule has 2 atom stereocenters. The number of carbonyl (C=O) groups is 1. The van der Waals surface area contributed by atoms with Crippen LogP contribution in [0.3, 0.4) is 0 Å². The molecular formula is C13H16FNO2. The first-order valence-electron chi connectivity index (χ1n) is 5.75. The third-order valence-corrected chi connectivity index (χ3v) is 3.22. The van der Waals surface area contributed by atoms with Crippen LogP contribution in [0.4, 0.5) is 4.39 Å². The Morgan fingerprint density at radius 2 is 2.24 bits per heavy atom. The van der Waals surface area contributed by atoms with Gasteiger partial charge in [-0.05, 0) is 24.0 Å². The topological polar surface area (TPSA) is 40.5 Å². The van der Waals surface area contributed by atoms with Gasteiger partial charge in [0.2, 0.25) is 5.91 Å². The van der Waals surface area contributed by atoms with Crippen LogP contribution in [-0.2, 0) is 4.79 Å². The molecule has 1 aliphatic rings. The van der Waals surface area contributed by atoms with E-state index >= 15 is 0 Å². The predicted octanol–water partition coefficient (Wildman–Crippen LogP) is 1.38. The Morgan fingerprint density at radius 1 is 1.53 bits per heavy atom. The second-order valence-corrected chi connectivity index (χ2v) is 4.45. The fourth-order valence-corrected chi connectivity index (χ4v) is 2.13. The van der Waals surface area contributed by atoms with Crippen LogP contribution in [0.1, 0.15) is 17.9 Å². The zero-order valence-electron chi connectivity index (χ0n) is 9.77. The highest BCUT2D eigenvalue weighted by molar-refractivity contribution is 5.82. The molecule has 1 fully saturated rings. The van der Waals surface area contributed by atoms with E-state index in [1.807, 2.05) is 0 Å². The molecule has 0 spiro atoms. The molecule has 4 heteroatoms. The Hall–Kier alpha value is -1.42. The van der Waals surface area contributed by atoms with Gasteiger partial charge in [0, 0.05) is 19.5 Å². The molecule has 0 bridgehead atoms. The molecule has 1 saturated carbocycles. The minimum Gasteiger partial charge on any atom is -0.395 e. The maximum absolute atomic E-state index is 13.5. The number of aliphatic hydroxyl groups is 1. The van der Waals surface area contributed by atoms with E-state index in [1.54, 1.807) is 25.2 Å². The predicted molar refractivity (Wildman–Crippen MR) is 62.0 cm³/mol. The van der Waals surface area contributed by atoms with Crippen LogP contribution < -0.4 is 0 Å². The van der Waals surface area contributed by atoms with Crippen molar-refractivity contribution < 1.29 is 14.3 Å². The number of amides is 1. The van der Waals surface area contributed by atoms with Crippen LogP contribution in [-0.4, -0.2) is 36.1 Å². The average Bonchev–Trinajstić information content (AvgIpc) is 3.09. The highest BCUT2D eigenvalue weighted by Crippen LogP contribution is 2.48. The summed E-state index contributed by atoms with van der Waals surface area (Å²) in [7, 11) is 1.66. The number of aliphatic hydroxyl groups excluding tert-OH is 1. The molecule has 17 heavy (non-hydrogen) atoms. The summed E-state index contributed by atoms with van der Waals surface area (Å²) >= 11 is 0. The Bertz CT molecular complexity index is 422. The summed E-state index contributed by atoms with van der Waals surface area (Å²) in [6, 6.07) is 6.59. The van der Waals surface area contributed by atoms with Gasteiger partial charge in [-0.25, -0.2) is 4.39 Å². The number of likely N-dealkylation sites (N-methyl/N-ethyl adjacent to an activating group) is 1. The van der Waals surface area contributed by atoms with Crippen molar-refractivity contribution in [2.45, 2.75) is 12.3 Å². The molecule has 0 radical (unpaired) electrons. The Morgan fingerprint density at radius 3 is 2.88 bits per heavy atom. The van der Waals surface area contributed by atoms with Crippen molar-refractivity contribution in [2.24, 2.45) is 5.92 Å². The minimum absolute atomic E-state index is 0.00448. The molecule has 0 aliphatic heterocycles. The molecule has 0 aromatic heterocycles. The van der Waals surface area contributed by atoms with E-state index < -0.39 is 0 Å². The molecule has 1 aliphatic carbocycles. The van der Waals surface area contributed by atoms with E-state index in [2.05, 4.69) is 0 Å². The van der Waals surface area contributed by atoms with Gasteiger partial charge in [0.15, 0.2) is 0 Å². The summed E-state index contributed by atoms with van der Waals surface area (Å²) in [6.07, 6.45) is 0.704. The molecule has 2 unspecified atom stereocenters. The van der Waals surface area contributed by atoms with Crippen molar-refractivity contribution in [1.29, 1.82) is 0 Å². The first-order chi connectivity index (χ1) is 8.15. The second kappa shape index (κ2) is 4.84. The van der Waals surface area contributed by atoms with Gasteiger partial charge < -0.3 is 10.0 Å². The van der Waals surface area contributed by atoms with Gasteiger partial charge in [0.1, 0.15) is 5.82 Å². The summed E-state index contributed by atoms with van der Waals surface area (Å²) in [5, 5.41) is 8.76. The third kappa shape index (κ3) is 2.47. The van der Waals surface area contributed by atoms with E-state index in [0.29, 0.717) is 18.5 Å². The Kier molecular flexibility index (Phi) is 3.43. The summed E-state index contributed by atoms with van der Waals surface area (Å²) in [6.45, 7) is 0.290. The number of nitrogens with zero attached hydrogens (tertiary/aromatic N) is 1. The van der Waals surface area contributed by atoms with Crippen LogP contribution in [0.5, 0.6) is 0 Å². The fraction of sp³-hybridized carbons (Fsp3) is 0.462. The first kappa shape index (κ1) is 12.0. The standard InChI is InChI=1S/C13H16FNO2/c1-15(6-7-16)13(17)11-8-10(11)9-4-2-3-5-12(9)14/h2-5,10-11,16H,6-8H2,1H3. The average molecular weight is 237 g/mol. The zero-order valence-corrected chi connectivity index (χ0v) is 9.77. The van der Waals surface area contributed by atoms with Gasteiger partial charge in [-0.2, -0.15) is 0 Å². The lowest BCUT2D eigenvalue weighted by molar-refractivity contribution is -0.131. The fourth-order valence-electron chi connectivity index (χ4n) is 2.13. The van der Waals surface area contributed by atoms with Gasteiger partial charge in [-0.3, -0.25) is 4.79 Å². The van der Waals surface area contributed by atoms with Crippen molar-refractivity contribution >= 4 is 5.91 Å². The van der Waals surface area contributed by atoms with E-state index in [4.69, 9.17) is 5.11 Å². The maximum Gasteiger partial charge on any atom is 0.226 e. The molecule has 0 saturated heterocycles. The third-order valence-electron chi connectivity index (χ3n) is 3.22. The van der Waals surface area contributed by atoms with Gasteiger partial charge in [0.25, 0.3) is 0 Å². The molecule has 2 rings (SSSR count). The summed E-state index contributed by atoms with van der Waals surface area (Å²) < 4.78 is 13.5. The quantitative estimate of drug-likeness (QED) is 0.859. The van der Waals surface area contributed by atoms with Crippen LogP contribution in [0.2, 0.25) is 0 Å². The number of halogens is 1. The van der Waals surface area contributed by atoms with Gasteiger partial charge in [-0.1, -0.05) is 18.2 Å². The zero-order chi connectivity index (χ0) is 12.4. The second-order valence-electron chi connectivity index (χ2n) is 4.45. The van der Waals surface area contributed by atoms with E-state index in [1.165, 1.54) is 11.0 Å². The lowest BCUT2D eigenvalue weighted by Crippen LogP contribution is -2.31. The number of carbonyl (C=O) groups excluding carboxylic acids is 1. The Labute approximate surface area is 99.9 Å². The summed E-state index contributed by atoms with van der Waals surface area (Å²) in [4.78, 5) is 13.4. The first-order valence-corrected chi connectivity index (χ1v) is 5.75. The number of rotatable bonds is 4. The van der Waals surface area contributed by atoms with E-state index in [9.17, 15) is 9.18 Å². The molecule has 1 aromatic rings. The van der Waals surface area contributed by atoms with Crippen LogP contribution >= 0.6 is 0 Å². The number of hydrogen-bond donors (Lipinski definition) is 1. The highest BCUT2D eigenvalue weighted by Gasteiger charge is 2.46. The number of hydrogen-bond acceptors (Lipinski definition) is 2. The van der Waals surface area contributed by atoms with Crippen molar-refractivity contribution in [1.82, 2.24) is 4.90 Å². The molecule has 1 aromatic carbocycles. The van der Waals surface area contributed by atoms with E-state index in [-0.39, 0.29) is 30.2 Å². The number of benzene rings is 1.